The molecule has 0 saturated heterocycles. The highest BCUT2D eigenvalue weighted by molar-refractivity contribution is 8.03. The van der Waals surface area contributed by atoms with Crippen LogP contribution in [-0.2, 0) is 9.59 Å². The predicted octanol–water partition coefficient (Wildman–Crippen LogP) is 1.63. The standard InChI is InChI=1S/C16H16N2O3S/c1-9-3-4-11(5-10(9)2)15(21)18-16-13(6-14(17)20)12(7-19)8-22-16/h3-5H,6,8H2,1-2H3,(H2,17,20)(H,18,21). The third-order valence-electron chi connectivity index (χ3n) is 3.47. The van der Waals surface area contributed by atoms with E-state index in [1.54, 1.807) is 12.1 Å². The van der Waals surface area contributed by atoms with Crippen LogP contribution in [0.1, 0.15) is 27.9 Å². The predicted molar refractivity (Wildman–Crippen MR) is 85.9 cm³/mol. The molecule has 0 aromatic heterocycles. The molecule has 3 N–H and O–H groups in total. The first-order chi connectivity index (χ1) is 10.4. The molecule has 2 amide bonds. The van der Waals surface area contributed by atoms with Crippen molar-refractivity contribution in [2.75, 3.05) is 5.75 Å². The highest BCUT2D eigenvalue weighted by Crippen LogP contribution is 2.34. The fraction of sp³-hybridized carbons (Fsp3) is 0.250. The van der Waals surface area contributed by atoms with Gasteiger partial charge in [-0.25, -0.2) is 4.79 Å². The highest BCUT2D eigenvalue weighted by atomic mass is 32.2. The summed E-state index contributed by atoms with van der Waals surface area (Å²) in [7, 11) is 0. The number of rotatable bonds is 4. The normalized spacial score (nSPS) is 14.0. The van der Waals surface area contributed by atoms with Crippen molar-refractivity contribution >= 4 is 29.5 Å². The summed E-state index contributed by atoms with van der Waals surface area (Å²) in [5.41, 5.74) is 8.68. The smallest absolute Gasteiger partial charge is 0.256 e. The number of thioether (sulfide) groups is 1. The van der Waals surface area contributed by atoms with Crippen LogP contribution in [0.15, 0.2) is 34.4 Å². The first-order valence-electron chi connectivity index (χ1n) is 6.69. The van der Waals surface area contributed by atoms with Crippen molar-refractivity contribution < 1.29 is 14.4 Å². The summed E-state index contributed by atoms with van der Waals surface area (Å²) in [5.74, 6) is 1.36. The molecule has 1 aliphatic heterocycles. The number of nitrogens with one attached hydrogen (secondary N) is 1. The van der Waals surface area contributed by atoms with Crippen molar-refractivity contribution in [3.05, 3.63) is 51.1 Å². The molecule has 0 saturated carbocycles. The average molecular weight is 316 g/mol. The average Bonchev–Trinajstić information content (AvgIpc) is 2.83. The monoisotopic (exact) mass is 316 g/mol. The summed E-state index contributed by atoms with van der Waals surface area (Å²) in [6, 6.07) is 5.42. The molecule has 0 aliphatic carbocycles. The number of carbonyl (C=O) groups excluding carboxylic acids is 3. The van der Waals surface area contributed by atoms with Crippen molar-refractivity contribution in [2.24, 2.45) is 5.73 Å². The quantitative estimate of drug-likeness (QED) is 0.826. The molecule has 6 heteroatoms. The van der Waals surface area contributed by atoms with Gasteiger partial charge in [-0.2, -0.15) is 0 Å². The number of benzene rings is 1. The van der Waals surface area contributed by atoms with E-state index < -0.39 is 5.91 Å². The molecule has 114 valence electrons. The Morgan fingerprint density at radius 1 is 1.32 bits per heavy atom. The number of hydrogen-bond donors (Lipinski definition) is 2. The number of primary amides is 1. The van der Waals surface area contributed by atoms with Gasteiger partial charge in [-0.05, 0) is 37.1 Å². The zero-order chi connectivity index (χ0) is 16.3. The molecule has 2 rings (SSSR count). The van der Waals surface area contributed by atoms with Crippen molar-refractivity contribution in [1.29, 1.82) is 0 Å². The molecule has 22 heavy (non-hydrogen) atoms. The van der Waals surface area contributed by atoms with Crippen LogP contribution in [0.25, 0.3) is 0 Å². The van der Waals surface area contributed by atoms with E-state index in [4.69, 9.17) is 5.73 Å². The van der Waals surface area contributed by atoms with Crippen molar-refractivity contribution in [1.82, 2.24) is 5.32 Å². The molecule has 0 spiro atoms. The van der Waals surface area contributed by atoms with Crippen LogP contribution in [-0.4, -0.2) is 23.5 Å². The maximum absolute atomic E-state index is 12.3. The van der Waals surface area contributed by atoms with Gasteiger partial charge in [-0.15, -0.1) is 11.8 Å². The number of aryl methyl sites for hydroxylation is 2. The first kappa shape index (κ1) is 16.1. The second-order valence-corrected chi connectivity index (χ2v) is 6.06. The minimum absolute atomic E-state index is 0.0832. The van der Waals surface area contributed by atoms with Gasteiger partial charge in [-0.3, -0.25) is 9.59 Å². The molecular weight excluding hydrogens is 300 g/mol. The van der Waals surface area contributed by atoms with E-state index in [1.807, 2.05) is 25.9 Å². The van der Waals surface area contributed by atoms with Crippen molar-refractivity contribution in [3.63, 3.8) is 0 Å². The Morgan fingerprint density at radius 3 is 2.64 bits per heavy atom. The molecule has 0 fully saturated rings. The summed E-state index contributed by atoms with van der Waals surface area (Å²) in [6.07, 6.45) is -0.0832. The molecular formula is C16H16N2O3S. The van der Waals surface area contributed by atoms with Gasteiger partial charge in [0.2, 0.25) is 5.91 Å². The molecule has 0 atom stereocenters. The summed E-state index contributed by atoms with van der Waals surface area (Å²) in [4.78, 5) is 34.3. The zero-order valence-electron chi connectivity index (χ0n) is 12.4. The number of nitrogens with two attached hydrogens (primary N) is 1. The Hall–Kier alpha value is -2.30. The van der Waals surface area contributed by atoms with Gasteiger partial charge in [0.25, 0.3) is 5.91 Å². The van der Waals surface area contributed by atoms with Crippen LogP contribution in [0, 0.1) is 13.8 Å². The van der Waals surface area contributed by atoms with Gasteiger partial charge in [0.1, 0.15) is 5.94 Å². The highest BCUT2D eigenvalue weighted by Gasteiger charge is 2.24. The minimum atomic E-state index is -0.553. The van der Waals surface area contributed by atoms with Crippen molar-refractivity contribution in [2.45, 2.75) is 20.3 Å². The lowest BCUT2D eigenvalue weighted by atomic mass is 10.1. The third-order valence-corrected chi connectivity index (χ3v) is 4.54. The Labute approximate surface area is 132 Å². The zero-order valence-corrected chi connectivity index (χ0v) is 13.2. The third kappa shape index (κ3) is 3.47. The van der Waals surface area contributed by atoms with Gasteiger partial charge < -0.3 is 11.1 Å². The van der Waals surface area contributed by atoms with Gasteiger partial charge in [-0.1, -0.05) is 6.07 Å². The lowest BCUT2D eigenvalue weighted by Gasteiger charge is -2.09. The van der Waals surface area contributed by atoms with Crippen LogP contribution in [0.4, 0.5) is 0 Å². The summed E-state index contributed by atoms with van der Waals surface area (Å²) >= 11 is 1.30. The topological polar surface area (TPSA) is 89.3 Å². The van der Waals surface area contributed by atoms with E-state index in [0.717, 1.165) is 11.1 Å². The van der Waals surface area contributed by atoms with Gasteiger partial charge >= 0.3 is 0 Å². The molecule has 1 aromatic carbocycles. The van der Waals surface area contributed by atoms with E-state index in [0.29, 0.717) is 27.5 Å². The Morgan fingerprint density at radius 2 is 2.05 bits per heavy atom. The molecule has 0 radical (unpaired) electrons. The Kier molecular flexibility index (Phi) is 4.85. The van der Waals surface area contributed by atoms with Gasteiger partial charge in [0.15, 0.2) is 0 Å². The lowest BCUT2D eigenvalue weighted by molar-refractivity contribution is -0.117. The summed E-state index contributed by atoms with van der Waals surface area (Å²) in [5, 5.41) is 3.26. The SMILES string of the molecule is Cc1ccc(C(=O)NC2=C(CC(N)=O)C(=C=O)CS2)cc1C. The van der Waals surface area contributed by atoms with Gasteiger partial charge in [0.05, 0.1) is 17.0 Å². The Balaban J connectivity index is 2.27. The van der Waals surface area contributed by atoms with E-state index in [2.05, 4.69) is 5.32 Å². The second-order valence-electron chi connectivity index (χ2n) is 5.07. The fourth-order valence-electron chi connectivity index (χ4n) is 2.08. The second kappa shape index (κ2) is 6.64. The maximum atomic E-state index is 12.3. The minimum Gasteiger partial charge on any atom is -0.369 e. The van der Waals surface area contributed by atoms with Crippen LogP contribution in [0.5, 0.6) is 0 Å². The van der Waals surface area contributed by atoms with Gasteiger partial charge in [0, 0.05) is 16.9 Å². The van der Waals surface area contributed by atoms with E-state index >= 15 is 0 Å². The molecule has 5 nitrogen and oxygen atoms in total. The largest absolute Gasteiger partial charge is 0.369 e. The number of amides is 2. The lowest BCUT2D eigenvalue weighted by Crippen LogP contribution is -2.23. The van der Waals surface area contributed by atoms with Crippen molar-refractivity contribution in [3.8, 4) is 0 Å². The van der Waals surface area contributed by atoms with E-state index in [9.17, 15) is 14.4 Å². The van der Waals surface area contributed by atoms with Crippen LogP contribution < -0.4 is 11.1 Å². The first-order valence-corrected chi connectivity index (χ1v) is 7.68. The van der Waals surface area contributed by atoms with E-state index in [-0.39, 0.29) is 12.3 Å². The number of carbonyl (C=O) groups is 2. The summed E-state index contributed by atoms with van der Waals surface area (Å²) in [6.45, 7) is 3.90. The molecule has 0 bridgehead atoms. The van der Waals surface area contributed by atoms with Crippen LogP contribution in [0.3, 0.4) is 0 Å². The molecule has 1 heterocycles. The Bertz CT molecular complexity index is 731. The molecule has 0 unspecified atom stereocenters. The fourth-order valence-corrected chi connectivity index (χ4v) is 3.13. The molecule has 1 aromatic rings. The number of hydrogen-bond acceptors (Lipinski definition) is 4. The van der Waals surface area contributed by atoms with E-state index in [1.165, 1.54) is 11.8 Å². The summed E-state index contributed by atoms with van der Waals surface area (Å²) < 4.78 is 0. The maximum Gasteiger partial charge on any atom is 0.256 e. The van der Waals surface area contributed by atoms with Crippen LogP contribution in [0.2, 0.25) is 0 Å². The van der Waals surface area contributed by atoms with Crippen LogP contribution >= 0.6 is 11.8 Å². The molecule has 1 aliphatic rings.